The highest BCUT2D eigenvalue weighted by atomic mass is 16.5. The highest BCUT2D eigenvalue weighted by Gasteiger charge is 2.53. The van der Waals surface area contributed by atoms with Crippen molar-refractivity contribution in [2.24, 2.45) is 11.3 Å². The van der Waals surface area contributed by atoms with Crippen LogP contribution < -0.4 is 0 Å². The predicted octanol–water partition coefficient (Wildman–Crippen LogP) is 4.03. The lowest BCUT2D eigenvalue weighted by molar-refractivity contribution is -0.148. The van der Waals surface area contributed by atoms with Gasteiger partial charge < -0.3 is 9.84 Å². The van der Waals surface area contributed by atoms with Gasteiger partial charge in [0, 0.05) is 0 Å². The summed E-state index contributed by atoms with van der Waals surface area (Å²) in [4.78, 5) is 11.3. The minimum Gasteiger partial charge on any atom is -0.481 e. The third-order valence-electron chi connectivity index (χ3n) is 3.80. The van der Waals surface area contributed by atoms with Crippen molar-refractivity contribution in [2.45, 2.75) is 72.5 Å². The van der Waals surface area contributed by atoms with Gasteiger partial charge in [-0.2, -0.15) is 0 Å². The highest BCUT2D eigenvalue weighted by molar-refractivity contribution is 5.77. The molecular formula is C16H28O3. The summed E-state index contributed by atoms with van der Waals surface area (Å²) in [5.74, 6) is -0.172. The Morgan fingerprint density at radius 1 is 1.37 bits per heavy atom. The number of ether oxygens (including phenoxy) is 1. The molecule has 0 aromatic carbocycles. The zero-order valence-electron chi connectivity index (χ0n) is 13.1. The fourth-order valence-corrected chi connectivity index (χ4v) is 2.71. The van der Waals surface area contributed by atoms with Crippen molar-refractivity contribution in [3.8, 4) is 0 Å². The minimum absolute atomic E-state index is 0.0296. The lowest BCUT2D eigenvalue weighted by atomic mass is 9.90. The molecule has 0 radical (unpaired) electrons. The summed E-state index contributed by atoms with van der Waals surface area (Å²) in [6.45, 7) is 12.4. The maximum Gasteiger partial charge on any atom is 0.309 e. The van der Waals surface area contributed by atoms with E-state index in [0.717, 1.165) is 12.8 Å². The van der Waals surface area contributed by atoms with E-state index in [0.29, 0.717) is 12.3 Å². The van der Waals surface area contributed by atoms with Crippen molar-refractivity contribution < 1.29 is 14.6 Å². The molecule has 0 saturated heterocycles. The van der Waals surface area contributed by atoms with Crippen molar-refractivity contribution in [3.05, 3.63) is 11.6 Å². The zero-order valence-corrected chi connectivity index (χ0v) is 13.1. The van der Waals surface area contributed by atoms with Crippen LogP contribution in [0.3, 0.4) is 0 Å². The summed E-state index contributed by atoms with van der Waals surface area (Å²) in [5.41, 5.74) is 0.280. The number of rotatable bonds is 7. The van der Waals surface area contributed by atoms with Gasteiger partial charge in [0.1, 0.15) is 0 Å². The Kier molecular flexibility index (Phi) is 4.83. The fraction of sp³-hybridized carbons (Fsp3) is 0.812. The molecule has 1 rings (SSSR count). The molecule has 3 nitrogen and oxygen atoms in total. The molecule has 0 aliphatic heterocycles. The number of carboxylic acids is 1. The first-order chi connectivity index (χ1) is 8.58. The molecule has 1 atom stereocenters. The molecule has 0 aromatic rings. The van der Waals surface area contributed by atoms with Crippen LogP contribution >= 0.6 is 0 Å². The molecule has 1 aliphatic carbocycles. The second kappa shape index (κ2) is 5.66. The summed E-state index contributed by atoms with van der Waals surface area (Å²) < 4.78 is 6.09. The SMILES string of the molecule is CC(=CC(C)C)C(C)OC(C)(C)CC1(C(=O)O)CC1. The van der Waals surface area contributed by atoms with Crippen LogP contribution in [0.15, 0.2) is 11.6 Å². The fourth-order valence-electron chi connectivity index (χ4n) is 2.71. The lowest BCUT2D eigenvalue weighted by Gasteiger charge is -2.32. The van der Waals surface area contributed by atoms with E-state index in [4.69, 9.17) is 4.74 Å². The maximum absolute atomic E-state index is 11.3. The summed E-state index contributed by atoms with van der Waals surface area (Å²) in [6.07, 6.45) is 4.38. The molecule has 110 valence electrons. The molecule has 19 heavy (non-hydrogen) atoms. The lowest BCUT2D eigenvalue weighted by Crippen LogP contribution is -2.35. The molecule has 0 aromatic heterocycles. The van der Waals surface area contributed by atoms with Gasteiger partial charge in [-0.15, -0.1) is 0 Å². The molecule has 0 heterocycles. The third kappa shape index (κ3) is 4.64. The van der Waals surface area contributed by atoms with Gasteiger partial charge in [0.25, 0.3) is 0 Å². The quantitative estimate of drug-likeness (QED) is 0.709. The van der Waals surface area contributed by atoms with Gasteiger partial charge in [-0.05, 0) is 58.4 Å². The van der Waals surface area contributed by atoms with E-state index in [2.05, 4.69) is 26.8 Å². The smallest absolute Gasteiger partial charge is 0.309 e. The standard InChI is InChI=1S/C16H28O3/c1-11(2)9-12(3)13(4)19-15(5,6)10-16(7-8-16)14(17)18/h9,11,13H,7-8,10H2,1-6H3,(H,17,18). The second-order valence-electron chi connectivity index (χ2n) is 6.94. The molecule has 1 unspecified atom stereocenters. The monoisotopic (exact) mass is 268 g/mol. The summed E-state index contributed by atoms with van der Waals surface area (Å²) >= 11 is 0. The largest absolute Gasteiger partial charge is 0.481 e. The predicted molar refractivity (Wildman–Crippen MR) is 77.1 cm³/mol. The number of hydrogen-bond donors (Lipinski definition) is 1. The summed E-state index contributed by atoms with van der Waals surface area (Å²) in [6, 6.07) is 0. The van der Waals surface area contributed by atoms with Crippen molar-refractivity contribution in [2.75, 3.05) is 0 Å². The topological polar surface area (TPSA) is 46.5 Å². The summed E-state index contributed by atoms with van der Waals surface area (Å²) in [5, 5.41) is 9.26. The Labute approximate surface area is 117 Å². The van der Waals surface area contributed by atoms with Crippen LogP contribution in [-0.2, 0) is 9.53 Å². The second-order valence-corrected chi connectivity index (χ2v) is 6.94. The number of allylic oxidation sites excluding steroid dienone is 1. The Morgan fingerprint density at radius 3 is 2.26 bits per heavy atom. The van der Waals surface area contributed by atoms with E-state index in [9.17, 15) is 9.90 Å². The van der Waals surface area contributed by atoms with Crippen LogP contribution in [0.2, 0.25) is 0 Å². The molecule has 1 N–H and O–H groups in total. The Bertz CT molecular complexity index is 362. The highest BCUT2D eigenvalue weighted by Crippen LogP contribution is 2.52. The van der Waals surface area contributed by atoms with Gasteiger partial charge in [-0.3, -0.25) is 4.79 Å². The number of carbonyl (C=O) groups is 1. The van der Waals surface area contributed by atoms with Gasteiger partial charge in [-0.25, -0.2) is 0 Å². The Hall–Kier alpha value is -0.830. The van der Waals surface area contributed by atoms with Crippen molar-refractivity contribution in [1.29, 1.82) is 0 Å². The van der Waals surface area contributed by atoms with E-state index in [1.165, 1.54) is 5.57 Å². The summed E-state index contributed by atoms with van der Waals surface area (Å²) in [7, 11) is 0. The van der Waals surface area contributed by atoms with Crippen LogP contribution in [0.5, 0.6) is 0 Å². The molecule has 1 saturated carbocycles. The number of carboxylic acid groups (broad SMARTS) is 1. The number of hydrogen-bond acceptors (Lipinski definition) is 2. The van der Waals surface area contributed by atoms with E-state index >= 15 is 0 Å². The molecule has 1 fully saturated rings. The van der Waals surface area contributed by atoms with Crippen LogP contribution in [0.25, 0.3) is 0 Å². The third-order valence-corrected chi connectivity index (χ3v) is 3.80. The number of aliphatic carboxylic acids is 1. The minimum atomic E-state index is -0.675. The zero-order chi connectivity index (χ0) is 14.8. The first-order valence-electron chi connectivity index (χ1n) is 7.17. The Balaban J connectivity index is 2.62. The van der Waals surface area contributed by atoms with Gasteiger partial charge in [0.2, 0.25) is 0 Å². The average molecular weight is 268 g/mol. The average Bonchev–Trinajstić information content (AvgIpc) is 2.95. The maximum atomic E-state index is 11.3. The van der Waals surface area contributed by atoms with Gasteiger partial charge in [-0.1, -0.05) is 19.9 Å². The van der Waals surface area contributed by atoms with Crippen molar-refractivity contribution in [3.63, 3.8) is 0 Å². The first-order valence-corrected chi connectivity index (χ1v) is 7.17. The van der Waals surface area contributed by atoms with E-state index in [1.807, 2.05) is 20.8 Å². The molecule has 1 aliphatic rings. The normalized spacial score (nSPS) is 20.5. The first kappa shape index (κ1) is 16.2. The molecule has 0 spiro atoms. The van der Waals surface area contributed by atoms with Crippen LogP contribution in [0.1, 0.15) is 60.8 Å². The van der Waals surface area contributed by atoms with Gasteiger partial charge in [0.05, 0.1) is 17.1 Å². The van der Waals surface area contributed by atoms with Crippen molar-refractivity contribution in [1.82, 2.24) is 0 Å². The molecule has 0 bridgehead atoms. The van der Waals surface area contributed by atoms with Gasteiger partial charge >= 0.3 is 5.97 Å². The van der Waals surface area contributed by atoms with E-state index in [-0.39, 0.29) is 6.10 Å². The van der Waals surface area contributed by atoms with Crippen LogP contribution in [0, 0.1) is 11.3 Å². The van der Waals surface area contributed by atoms with E-state index in [1.54, 1.807) is 0 Å². The van der Waals surface area contributed by atoms with Crippen LogP contribution in [-0.4, -0.2) is 22.8 Å². The van der Waals surface area contributed by atoms with Gasteiger partial charge in [0.15, 0.2) is 0 Å². The van der Waals surface area contributed by atoms with E-state index < -0.39 is 17.0 Å². The van der Waals surface area contributed by atoms with Crippen molar-refractivity contribution >= 4 is 5.97 Å². The molecule has 0 amide bonds. The molecule has 3 heteroatoms. The Morgan fingerprint density at radius 2 is 1.89 bits per heavy atom. The molecular weight excluding hydrogens is 240 g/mol. The van der Waals surface area contributed by atoms with Crippen LogP contribution in [0.4, 0.5) is 0 Å².